The highest BCUT2D eigenvalue weighted by molar-refractivity contribution is 6.74. The maximum atomic E-state index is 6.21. The number of rotatable bonds is 4. The van der Waals surface area contributed by atoms with Gasteiger partial charge in [-0.25, -0.2) is 0 Å². The summed E-state index contributed by atoms with van der Waals surface area (Å²) in [6.45, 7) is 13.8. The van der Waals surface area contributed by atoms with E-state index in [4.69, 9.17) is 10.2 Å². The predicted molar refractivity (Wildman–Crippen MR) is 78.8 cm³/mol. The van der Waals surface area contributed by atoms with Gasteiger partial charge in [-0.15, -0.1) is 0 Å². The van der Waals surface area contributed by atoms with Crippen molar-refractivity contribution >= 4 is 8.32 Å². The number of aromatic nitrogens is 1. The smallest absolute Gasteiger partial charge is 0.192 e. The van der Waals surface area contributed by atoms with Gasteiger partial charge < -0.3 is 10.2 Å². The largest absolute Gasteiger partial charge is 0.412 e. The zero-order valence-corrected chi connectivity index (χ0v) is 13.4. The van der Waals surface area contributed by atoms with Crippen LogP contribution in [-0.2, 0) is 11.0 Å². The zero-order chi connectivity index (χ0) is 14.0. The fraction of sp³-hybridized carbons (Fsp3) is 0.643. The quantitative estimate of drug-likeness (QED) is 0.847. The molecule has 0 aromatic carbocycles. The third kappa shape index (κ3) is 3.64. The molecule has 18 heavy (non-hydrogen) atoms. The fourth-order valence-electron chi connectivity index (χ4n) is 1.46. The van der Waals surface area contributed by atoms with Gasteiger partial charge >= 0.3 is 0 Å². The Morgan fingerprint density at radius 2 is 2.00 bits per heavy atom. The monoisotopic (exact) mass is 266 g/mol. The first-order chi connectivity index (χ1) is 8.15. The van der Waals surface area contributed by atoms with Crippen LogP contribution < -0.4 is 5.73 Å². The van der Waals surface area contributed by atoms with Crippen LogP contribution >= 0.6 is 0 Å². The second-order valence-corrected chi connectivity index (χ2v) is 11.2. The average Bonchev–Trinajstić information content (AvgIpc) is 2.25. The zero-order valence-electron chi connectivity index (χ0n) is 12.4. The standard InChI is InChI=1S/C14H26N2OSi/c1-11(15)13-12(8-7-9-16-13)10-17-18(5,6)14(2,3)4/h7-9,11H,10,15H2,1-6H3/t11-/m0/s1. The first-order valence-electron chi connectivity index (χ1n) is 6.48. The molecule has 1 aromatic rings. The van der Waals surface area contributed by atoms with Gasteiger partial charge in [0.2, 0.25) is 0 Å². The Kier molecular flexibility index (Phi) is 4.70. The van der Waals surface area contributed by atoms with Crippen LogP contribution in [0.25, 0.3) is 0 Å². The molecule has 102 valence electrons. The number of hydrogen-bond acceptors (Lipinski definition) is 3. The maximum absolute atomic E-state index is 6.21. The van der Waals surface area contributed by atoms with E-state index in [-0.39, 0.29) is 11.1 Å². The van der Waals surface area contributed by atoms with Crippen molar-refractivity contribution in [3.8, 4) is 0 Å². The minimum absolute atomic E-state index is 0.0517. The molecule has 1 atom stereocenters. The van der Waals surface area contributed by atoms with E-state index in [9.17, 15) is 0 Å². The highest BCUT2D eigenvalue weighted by Gasteiger charge is 2.37. The molecule has 1 aromatic heterocycles. The summed E-state index contributed by atoms with van der Waals surface area (Å²) >= 11 is 0. The van der Waals surface area contributed by atoms with E-state index in [2.05, 4.69) is 44.9 Å². The van der Waals surface area contributed by atoms with Gasteiger partial charge in [0.25, 0.3) is 0 Å². The van der Waals surface area contributed by atoms with Crippen molar-refractivity contribution in [1.82, 2.24) is 4.98 Å². The fourth-order valence-corrected chi connectivity index (χ4v) is 2.41. The maximum Gasteiger partial charge on any atom is 0.192 e. The molecule has 0 aliphatic rings. The second-order valence-electron chi connectivity index (χ2n) is 6.39. The van der Waals surface area contributed by atoms with Gasteiger partial charge in [-0.2, -0.15) is 0 Å². The van der Waals surface area contributed by atoms with E-state index < -0.39 is 8.32 Å². The lowest BCUT2D eigenvalue weighted by Crippen LogP contribution is -2.40. The van der Waals surface area contributed by atoms with E-state index in [1.54, 1.807) is 6.20 Å². The number of nitrogens with zero attached hydrogens (tertiary/aromatic N) is 1. The molecule has 0 aliphatic heterocycles. The molecule has 0 aliphatic carbocycles. The third-order valence-electron chi connectivity index (χ3n) is 3.75. The molecule has 0 radical (unpaired) electrons. The van der Waals surface area contributed by atoms with Gasteiger partial charge in [-0.3, -0.25) is 4.98 Å². The van der Waals surface area contributed by atoms with Crippen molar-refractivity contribution < 1.29 is 4.43 Å². The summed E-state index contributed by atoms with van der Waals surface area (Å²) in [7, 11) is -1.71. The van der Waals surface area contributed by atoms with E-state index in [1.165, 1.54) is 0 Å². The van der Waals surface area contributed by atoms with Crippen molar-refractivity contribution in [2.45, 2.75) is 58.5 Å². The van der Waals surface area contributed by atoms with E-state index in [1.807, 2.05) is 13.0 Å². The Balaban J connectivity index is 2.81. The van der Waals surface area contributed by atoms with Crippen LogP contribution in [0.1, 0.15) is 45.0 Å². The molecule has 0 saturated heterocycles. The van der Waals surface area contributed by atoms with Crippen molar-refractivity contribution in [3.63, 3.8) is 0 Å². The van der Waals surface area contributed by atoms with Crippen molar-refractivity contribution in [3.05, 3.63) is 29.6 Å². The SMILES string of the molecule is C[C@H](N)c1ncccc1CO[Si](C)(C)C(C)(C)C. The Morgan fingerprint density at radius 3 is 2.50 bits per heavy atom. The summed E-state index contributed by atoms with van der Waals surface area (Å²) in [5.74, 6) is 0. The normalized spacial score (nSPS) is 14.6. The Morgan fingerprint density at radius 1 is 1.39 bits per heavy atom. The topological polar surface area (TPSA) is 48.1 Å². The van der Waals surface area contributed by atoms with Crippen molar-refractivity contribution in [1.29, 1.82) is 0 Å². The Hall–Kier alpha value is -0.713. The summed E-state index contributed by atoms with van der Waals surface area (Å²) < 4.78 is 6.21. The highest BCUT2D eigenvalue weighted by atomic mass is 28.4. The van der Waals surface area contributed by atoms with Gasteiger partial charge in [0, 0.05) is 12.2 Å². The molecule has 0 unspecified atom stereocenters. The summed E-state index contributed by atoms with van der Waals surface area (Å²) in [6, 6.07) is 3.94. The lowest BCUT2D eigenvalue weighted by molar-refractivity contribution is 0.274. The van der Waals surface area contributed by atoms with Crippen LogP contribution in [0.5, 0.6) is 0 Å². The predicted octanol–water partition coefficient (Wildman–Crippen LogP) is 3.62. The molecule has 0 bridgehead atoms. The van der Waals surface area contributed by atoms with E-state index in [0.717, 1.165) is 11.3 Å². The number of hydrogen-bond donors (Lipinski definition) is 1. The molecular formula is C14H26N2OSi. The molecule has 0 fully saturated rings. The highest BCUT2D eigenvalue weighted by Crippen LogP contribution is 2.37. The first kappa shape index (κ1) is 15.3. The molecule has 0 spiro atoms. The lowest BCUT2D eigenvalue weighted by Gasteiger charge is -2.36. The van der Waals surface area contributed by atoms with E-state index >= 15 is 0 Å². The van der Waals surface area contributed by atoms with Crippen molar-refractivity contribution in [2.75, 3.05) is 0 Å². The summed E-state index contributed by atoms with van der Waals surface area (Å²) in [5.41, 5.74) is 7.98. The average molecular weight is 266 g/mol. The Labute approximate surface area is 112 Å². The van der Waals surface area contributed by atoms with Gasteiger partial charge in [0.15, 0.2) is 8.32 Å². The molecule has 0 amide bonds. The van der Waals surface area contributed by atoms with Gasteiger partial charge in [0.05, 0.1) is 12.3 Å². The molecule has 0 saturated carbocycles. The summed E-state index contributed by atoms with van der Waals surface area (Å²) in [4.78, 5) is 4.35. The minimum atomic E-state index is -1.71. The van der Waals surface area contributed by atoms with Crippen LogP contribution in [0.4, 0.5) is 0 Å². The van der Waals surface area contributed by atoms with Crippen LogP contribution in [-0.4, -0.2) is 13.3 Å². The van der Waals surface area contributed by atoms with Crippen LogP contribution in [0.3, 0.4) is 0 Å². The molecule has 3 nitrogen and oxygen atoms in total. The van der Waals surface area contributed by atoms with Crippen LogP contribution in [0, 0.1) is 0 Å². The minimum Gasteiger partial charge on any atom is -0.412 e. The lowest BCUT2D eigenvalue weighted by atomic mass is 10.1. The van der Waals surface area contributed by atoms with Crippen LogP contribution in [0.15, 0.2) is 18.3 Å². The summed E-state index contributed by atoms with van der Waals surface area (Å²) in [6.07, 6.45) is 1.79. The van der Waals surface area contributed by atoms with E-state index in [0.29, 0.717) is 6.61 Å². The van der Waals surface area contributed by atoms with Crippen LogP contribution in [0.2, 0.25) is 18.1 Å². The Bertz CT molecular complexity index is 397. The van der Waals surface area contributed by atoms with Gasteiger partial charge in [-0.1, -0.05) is 26.8 Å². The first-order valence-corrected chi connectivity index (χ1v) is 9.39. The molecule has 4 heteroatoms. The molecule has 2 N–H and O–H groups in total. The molecule has 1 heterocycles. The number of nitrogens with two attached hydrogens (primary N) is 1. The second kappa shape index (κ2) is 5.51. The van der Waals surface area contributed by atoms with Gasteiger partial charge in [-0.05, 0) is 36.7 Å². The molecule has 1 rings (SSSR count). The van der Waals surface area contributed by atoms with Crippen molar-refractivity contribution in [2.24, 2.45) is 5.73 Å². The number of pyridine rings is 1. The summed E-state index contributed by atoms with van der Waals surface area (Å²) in [5, 5.41) is 0.226. The van der Waals surface area contributed by atoms with Gasteiger partial charge in [0.1, 0.15) is 0 Å². The third-order valence-corrected chi connectivity index (χ3v) is 8.23. The molecular weight excluding hydrogens is 240 g/mol.